The number of carbonyl (C=O) groups is 2. The van der Waals surface area contributed by atoms with Crippen LogP contribution in [0.2, 0.25) is 0 Å². The number of carboxylic acids is 1. The quantitative estimate of drug-likeness (QED) is 0.766. The second kappa shape index (κ2) is 6.11. The van der Waals surface area contributed by atoms with Crippen LogP contribution in [0.4, 0.5) is 5.69 Å². The van der Waals surface area contributed by atoms with Crippen molar-refractivity contribution in [3.05, 3.63) is 23.0 Å². The lowest BCUT2D eigenvalue weighted by molar-refractivity contribution is -0.142. The number of carboxylic acid groups (broad SMARTS) is 1. The van der Waals surface area contributed by atoms with E-state index in [1.54, 1.807) is 13.0 Å². The van der Waals surface area contributed by atoms with Gasteiger partial charge >= 0.3 is 5.97 Å². The molecule has 0 bridgehead atoms. The summed E-state index contributed by atoms with van der Waals surface area (Å²) >= 11 is 0. The summed E-state index contributed by atoms with van der Waals surface area (Å²) in [5.41, 5.74) is 7.82. The van der Waals surface area contributed by atoms with Gasteiger partial charge < -0.3 is 16.2 Å². The maximum Gasteiger partial charge on any atom is 0.306 e. The van der Waals surface area contributed by atoms with Gasteiger partial charge in [-0.15, -0.1) is 0 Å². The minimum atomic E-state index is -0.739. The summed E-state index contributed by atoms with van der Waals surface area (Å²) in [7, 11) is 0. The number of anilines is 1. The molecule has 114 valence electrons. The Bertz CT molecular complexity index is 572. The van der Waals surface area contributed by atoms with Gasteiger partial charge in [0.2, 0.25) is 0 Å². The van der Waals surface area contributed by atoms with Crippen molar-refractivity contribution < 1.29 is 14.7 Å². The normalized spacial score (nSPS) is 21.2. The highest BCUT2D eigenvalue weighted by atomic mass is 16.4. The number of rotatable bonds is 5. The van der Waals surface area contributed by atoms with E-state index >= 15 is 0 Å². The number of hydrogen-bond donors (Lipinski definition) is 3. The molecule has 0 radical (unpaired) electrons. The summed E-state index contributed by atoms with van der Waals surface area (Å²) in [4.78, 5) is 27.0. The lowest BCUT2D eigenvalue weighted by Crippen LogP contribution is -2.26. The first-order valence-electron chi connectivity index (χ1n) is 7.15. The number of nitrogens with zero attached hydrogens (tertiary/aromatic N) is 1. The zero-order valence-corrected chi connectivity index (χ0v) is 12.3. The predicted octanol–water partition coefficient (Wildman–Crippen LogP) is 1.71. The van der Waals surface area contributed by atoms with Crippen LogP contribution >= 0.6 is 0 Å². The van der Waals surface area contributed by atoms with E-state index in [2.05, 4.69) is 10.3 Å². The van der Waals surface area contributed by atoms with Crippen molar-refractivity contribution in [2.45, 2.75) is 33.1 Å². The highest BCUT2D eigenvalue weighted by Crippen LogP contribution is 2.32. The lowest BCUT2D eigenvalue weighted by Gasteiger charge is -2.19. The number of nitrogens with one attached hydrogen (secondary N) is 1. The molecule has 1 aliphatic carbocycles. The standard InChI is InChI=1S/C15H21N3O3/c1-8-6-12(13(14(16)19)9(2)18-8)17-7-10-4-3-5-11(10)15(20)21/h6,10-11H,3-5,7H2,1-2H3,(H2,16,19)(H,17,18)(H,20,21). The number of aryl methyl sites for hydroxylation is 2. The molecule has 2 rings (SSSR count). The Kier molecular flexibility index (Phi) is 4.45. The van der Waals surface area contributed by atoms with Crippen molar-refractivity contribution in [2.75, 3.05) is 11.9 Å². The van der Waals surface area contributed by atoms with E-state index in [-0.39, 0.29) is 11.8 Å². The fourth-order valence-corrected chi connectivity index (χ4v) is 3.13. The molecule has 6 nitrogen and oxygen atoms in total. The van der Waals surface area contributed by atoms with Crippen LogP contribution in [0.3, 0.4) is 0 Å². The van der Waals surface area contributed by atoms with Gasteiger partial charge in [0, 0.05) is 12.2 Å². The average molecular weight is 291 g/mol. The van der Waals surface area contributed by atoms with Crippen LogP contribution in [-0.2, 0) is 4.79 Å². The molecular weight excluding hydrogens is 270 g/mol. The van der Waals surface area contributed by atoms with Crippen LogP contribution in [-0.4, -0.2) is 28.5 Å². The molecule has 2 atom stereocenters. The smallest absolute Gasteiger partial charge is 0.306 e. The van der Waals surface area contributed by atoms with Crippen LogP contribution in [0.25, 0.3) is 0 Å². The van der Waals surface area contributed by atoms with Gasteiger partial charge in [-0.1, -0.05) is 6.42 Å². The van der Waals surface area contributed by atoms with Crippen LogP contribution in [0.5, 0.6) is 0 Å². The van der Waals surface area contributed by atoms with E-state index in [1.165, 1.54) is 0 Å². The largest absolute Gasteiger partial charge is 0.481 e. The fraction of sp³-hybridized carbons (Fsp3) is 0.533. The van der Waals surface area contributed by atoms with Crippen molar-refractivity contribution in [1.29, 1.82) is 0 Å². The molecule has 1 aromatic heterocycles. The van der Waals surface area contributed by atoms with E-state index in [4.69, 9.17) is 5.73 Å². The highest BCUT2D eigenvalue weighted by molar-refractivity contribution is 5.99. The molecule has 1 aromatic rings. The predicted molar refractivity (Wildman–Crippen MR) is 79.2 cm³/mol. The number of aromatic nitrogens is 1. The monoisotopic (exact) mass is 291 g/mol. The topological polar surface area (TPSA) is 105 Å². The van der Waals surface area contributed by atoms with E-state index in [0.717, 1.165) is 25.0 Å². The molecule has 1 fully saturated rings. The number of carbonyl (C=O) groups excluding carboxylic acids is 1. The van der Waals surface area contributed by atoms with Crippen molar-refractivity contribution >= 4 is 17.6 Å². The summed E-state index contributed by atoms with van der Waals surface area (Å²) in [6, 6.07) is 1.78. The molecule has 2 unspecified atom stereocenters. The summed E-state index contributed by atoms with van der Waals surface area (Å²) in [5.74, 6) is -1.49. The van der Waals surface area contributed by atoms with Crippen molar-refractivity contribution in [1.82, 2.24) is 4.98 Å². The van der Waals surface area contributed by atoms with Gasteiger partial charge in [-0.05, 0) is 38.7 Å². The molecule has 6 heteroatoms. The van der Waals surface area contributed by atoms with E-state index in [9.17, 15) is 14.7 Å². The average Bonchev–Trinajstić information content (AvgIpc) is 2.83. The number of amides is 1. The molecule has 0 spiro atoms. The first-order valence-corrected chi connectivity index (χ1v) is 7.15. The van der Waals surface area contributed by atoms with Gasteiger partial charge in [-0.2, -0.15) is 0 Å². The SMILES string of the molecule is Cc1cc(NCC2CCCC2C(=O)O)c(C(N)=O)c(C)n1. The number of aliphatic carboxylic acids is 1. The van der Waals surface area contributed by atoms with Crippen LogP contribution in [0.1, 0.15) is 41.0 Å². The third-order valence-electron chi connectivity index (χ3n) is 4.11. The Hall–Kier alpha value is -2.11. The molecule has 0 aromatic carbocycles. The molecule has 4 N–H and O–H groups in total. The molecular formula is C15H21N3O3. The van der Waals surface area contributed by atoms with E-state index in [0.29, 0.717) is 23.5 Å². The maximum absolute atomic E-state index is 11.6. The van der Waals surface area contributed by atoms with Crippen molar-refractivity contribution in [3.63, 3.8) is 0 Å². The summed E-state index contributed by atoms with van der Waals surface area (Å²) in [6.45, 7) is 4.12. The highest BCUT2D eigenvalue weighted by Gasteiger charge is 2.32. The van der Waals surface area contributed by atoms with Crippen molar-refractivity contribution in [2.24, 2.45) is 17.6 Å². The molecule has 1 amide bonds. The molecule has 0 aliphatic heterocycles. The number of pyridine rings is 1. The number of nitrogens with two attached hydrogens (primary N) is 1. The third-order valence-corrected chi connectivity index (χ3v) is 4.11. The first-order chi connectivity index (χ1) is 9.90. The molecule has 21 heavy (non-hydrogen) atoms. The van der Waals surface area contributed by atoms with Gasteiger partial charge in [0.15, 0.2) is 0 Å². The fourth-order valence-electron chi connectivity index (χ4n) is 3.13. The Morgan fingerprint density at radius 1 is 1.43 bits per heavy atom. The van der Waals surface area contributed by atoms with Crippen LogP contribution < -0.4 is 11.1 Å². The lowest BCUT2D eigenvalue weighted by atomic mass is 9.96. The Morgan fingerprint density at radius 3 is 2.76 bits per heavy atom. The van der Waals surface area contributed by atoms with Gasteiger partial charge in [0.25, 0.3) is 5.91 Å². The molecule has 0 saturated heterocycles. The zero-order valence-electron chi connectivity index (χ0n) is 12.3. The van der Waals surface area contributed by atoms with Gasteiger partial charge in [-0.3, -0.25) is 14.6 Å². The van der Waals surface area contributed by atoms with Gasteiger partial charge in [0.1, 0.15) is 0 Å². The molecule has 1 aliphatic rings. The maximum atomic E-state index is 11.6. The first kappa shape index (κ1) is 15.3. The number of primary amides is 1. The summed E-state index contributed by atoms with van der Waals surface area (Å²) < 4.78 is 0. The third kappa shape index (κ3) is 3.32. The van der Waals surface area contributed by atoms with Crippen LogP contribution in [0, 0.1) is 25.7 Å². The van der Waals surface area contributed by atoms with Gasteiger partial charge in [-0.25, -0.2) is 0 Å². The second-order valence-corrected chi connectivity index (χ2v) is 5.65. The van der Waals surface area contributed by atoms with Crippen molar-refractivity contribution in [3.8, 4) is 0 Å². The molecule has 1 saturated carbocycles. The van der Waals surface area contributed by atoms with E-state index < -0.39 is 11.9 Å². The Balaban J connectivity index is 2.16. The summed E-state index contributed by atoms with van der Waals surface area (Å²) in [6.07, 6.45) is 2.54. The Morgan fingerprint density at radius 2 is 2.14 bits per heavy atom. The Labute approximate surface area is 123 Å². The summed E-state index contributed by atoms with van der Waals surface area (Å²) in [5, 5.41) is 12.4. The van der Waals surface area contributed by atoms with Crippen LogP contribution in [0.15, 0.2) is 6.07 Å². The zero-order chi connectivity index (χ0) is 15.6. The second-order valence-electron chi connectivity index (χ2n) is 5.65. The van der Waals surface area contributed by atoms with Gasteiger partial charge in [0.05, 0.1) is 22.9 Å². The van der Waals surface area contributed by atoms with E-state index in [1.807, 2.05) is 6.92 Å². The minimum absolute atomic E-state index is 0.0806. The molecule has 1 heterocycles. The minimum Gasteiger partial charge on any atom is -0.481 e. The number of hydrogen-bond acceptors (Lipinski definition) is 4.